The van der Waals surface area contributed by atoms with Gasteiger partial charge in [0.05, 0.1) is 4.47 Å². The molecule has 2 N–H and O–H groups in total. The summed E-state index contributed by atoms with van der Waals surface area (Å²) < 4.78 is 0.891. The van der Waals surface area contributed by atoms with Gasteiger partial charge in [-0.25, -0.2) is 9.97 Å². The van der Waals surface area contributed by atoms with Crippen molar-refractivity contribution < 1.29 is 0 Å². The van der Waals surface area contributed by atoms with Gasteiger partial charge in [-0.05, 0) is 39.2 Å². The van der Waals surface area contributed by atoms with Crippen LogP contribution in [0.3, 0.4) is 0 Å². The highest BCUT2D eigenvalue weighted by Gasteiger charge is 2.20. The van der Waals surface area contributed by atoms with Gasteiger partial charge in [0.25, 0.3) is 0 Å². The van der Waals surface area contributed by atoms with Crippen molar-refractivity contribution in [3.8, 4) is 0 Å². The van der Waals surface area contributed by atoms with Crippen molar-refractivity contribution in [1.82, 2.24) is 9.97 Å². The molecule has 1 aromatic heterocycles. The van der Waals surface area contributed by atoms with Crippen molar-refractivity contribution in [3.63, 3.8) is 0 Å². The maximum atomic E-state index is 5.78. The summed E-state index contributed by atoms with van der Waals surface area (Å²) in [5.74, 6) is 0.753. The number of aromatic nitrogens is 2. The molecular formula is C12H11BrN4. The Hall–Kier alpha value is -1.62. The van der Waals surface area contributed by atoms with E-state index in [0.717, 1.165) is 29.2 Å². The van der Waals surface area contributed by atoms with Crippen LogP contribution in [0.4, 0.5) is 11.6 Å². The first-order valence-corrected chi connectivity index (χ1v) is 6.11. The molecule has 17 heavy (non-hydrogen) atoms. The number of hydrogen-bond donors (Lipinski definition) is 1. The van der Waals surface area contributed by atoms with Crippen molar-refractivity contribution in [1.29, 1.82) is 0 Å². The fourth-order valence-corrected chi connectivity index (χ4v) is 2.23. The summed E-state index contributed by atoms with van der Waals surface area (Å²) in [4.78, 5) is 10.7. The van der Waals surface area contributed by atoms with Crippen LogP contribution in [0, 0.1) is 0 Å². The number of nitrogens with two attached hydrogens (primary N) is 1. The monoisotopic (exact) mass is 290 g/mol. The lowest BCUT2D eigenvalue weighted by Gasteiger charge is -2.14. The number of halogens is 1. The molecule has 0 fully saturated rings. The zero-order valence-corrected chi connectivity index (χ0v) is 10.7. The van der Waals surface area contributed by atoms with E-state index in [4.69, 9.17) is 5.73 Å². The number of rotatable bonds is 1. The van der Waals surface area contributed by atoms with Gasteiger partial charge in [-0.15, -0.1) is 0 Å². The molecule has 2 aromatic rings. The van der Waals surface area contributed by atoms with E-state index >= 15 is 0 Å². The minimum atomic E-state index is 0.753. The lowest BCUT2D eigenvalue weighted by atomic mass is 10.1. The van der Waals surface area contributed by atoms with E-state index in [-0.39, 0.29) is 0 Å². The average molecular weight is 291 g/mol. The Morgan fingerprint density at radius 1 is 1.12 bits per heavy atom. The third-order valence-corrected chi connectivity index (χ3v) is 3.25. The van der Waals surface area contributed by atoms with Crippen LogP contribution in [0.5, 0.6) is 0 Å². The number of benzene rings is 1. The van der Waals surface area contributed by atoms with Gasteiger partial charge in [-0.1, -0.05) is 6.07 Å². The lowest BCUT2D eigenvalue weighted by Crippen LogP contribution is -2.17. The maximum absolute atomic E-state index is 5.78. The van der Waals surface area contributed by atoms with Crippen molar-refractivity contribution >= 4 is 27.6 Å². The Morgan fingerprint density at radius 2 is 1.82 bits per heavy atom. The minimum Gasteiger partial charge on any atom is -0.399 e. The topological polar surface area (TPSA) is 55.0 Å². The van der Waals surface area contributed by atoms with Crippen molar-refractivity contribution in [2.45, 2.75) is 13.1 Å². The quantitative estimate of drug-likeness (QED) is 0.819. The summed E-state index contributed by atoms with van der Waals surface area (Å²) in [6.45, 7) is 1.67. The number of nitrogens with zero attached hydrogens (tertiary/aromatic N) is 3. The Kier molecular flexibility index (Phi) is 2.48. The van der Waals surface area contributed by atoms with Crippen molar-refractivity contribution in [2.75, 3.05) is 10.6 Å². The first kappa shape index (κ1) is 10.5. The number of anilines is 2. The van der Waals surface area contributed by atoms with Gasteiger partial charge >= 0.3 is 0 Å². The van der Waals surface area contributed by atoms with Gasteiger partial charge in [0.1, 0.15) is 0 Å². The second-order valence-corrected chi connectivity index (χ2v) is 5.00. The molecule has 1 aliphatic rings. The summed E-state index contributed by atoms with van der Waals surface area (Å²) in [7, 11) is 0. The van der Waals surface area contributed by atoms with Crippen LogP contribution in [0.2, 0.25) is 0 Å². The zero-order chi connectivity index (χ0) is 11.8. The highest BCUT2D eigenvalue weighted by molar-refractivity contribution is 9.10. The third-order valence-electron chi connectivity index (χ3n) is 2.84. The van der Waals surface area contributed by atoms with E-state index < -0.39 is 0 Å². The number of nitrogen functional groups attached to an aromatic ring is 1. The molecule has 0 atom stereocenters. The standard InChI is InChI=1S/C12H11BrN4/c13-10-4-15-12(16-5-10)17-6-8-1-2-11(14)3-9(8)7-17/h1-5H,6-7,14H2. The predicted molar refractivity (Wildman–Crippen MR) is 70.5 cm³/mol. The average Bonchev–Trinajstić information content (AvgIpc) is 2.72. The summed E-state index contributed by atoms with van der Waals surface area (Å²) >= 11 is 3.33. The highest BCUT2D eigenvalue weighted by Crippen LogP contribution is 2.27. The predicted octanol–water partition coefficient (Wildman–Crippen LogP) is 2.34. The summed E-state index contributed by atoms with van der Waals surface area (Å²) in [5, 5.41) is 0. The lowest BCUT2D eigenvalue weighted by molar-refractivity contribution is 0.827. The van der Waals surface area contributed by atoms with Gasteiger partial charge in [0.15, 0.2) is 0 Å². The fraction of sp³-hybridized carbons (Fsp3) is 0.167. The van der Waals surface area contributed by atoms with Gasteiger partial charge in [0.2, 0.25) is 5.95 Å². The van der Waals surface area contributed by atoms with E-state index in [1.807, 2.05) is 12.1 Å². The fourth-order valence-electron chi connectivity index (χ4n) is 2.02. The molecule has 0 bridgehead atoms. The molecule has 5 heteroatoms. The third kappa shape index (κ3) is 1.98. The Labute approximate surface area is 108 Å². The highest BCUT2D eigenvalue weighted by atomic mass is 79.9. The Balaban J connectivity index is 1.88. The van der Waals surface area contributed by atoms with Crippen LogP contribution in [-0.4, -0.2) is 9.97 Å². The molecule has 0 unspecified atom stereocenters. The maximum Gasteiger partial charge on any atom is 0.225 e. The van der Waals surface area contributed by atoms with Crippen LogP contribution in [0.15, 0.2) is 35.1 Å². The van der Waals surface area contributed by atoms with Gasteiger partial charge in [-0.2, -0.15) is 0 Å². The van der Waals surface area contributed by atoms with Crippen LogP contribution in [0.25, 0.3) is 0 Å². The van der Waals surface area contributed by atoms with Gasteiger partial charge in [-0.3, -0.25) is 0 Å². The summed E-state index contributed by atoms with van der Waals surface area (Å²) in [6, 6.07) is 6.03. The first-order chi connectivity index (χ1) is 8.22. The largest absolute Gasteiger partial charge is 0.399 e. The summed E-state index contributed by atoms with van der Waals surface area (Å²) in [6.07, 6.45) is 3.53. The van der Waals surface area contributed by atoms with E-state index in [1.54, 1.807) is 12.4 Å². The zero-order valence-electron chi connectivity index (χ0n) is 9.10. The Bertz CT molecular complexity index is 553. The van der Waals surface area contributed by atoms with Crippen LogP contribution < -0.4 is 10.6 Å². The van der Waals surface area contributed by atoms with E-state index in [0.29, 0.717) is 0 Å². The molecule has 86 valence electrons. The van der Waals surface area contributed by atoms with E-state index in [9.17, 15) is 0 Å². The van der Waals surface area contributed by atoms with Crippen molar-refractivity contribution in [2.24, 2.45) is 0 Å². The molecule has 0 amide bonds. The SMILES string of the molecule is Nc1ccc2c(c1)CN(c1ncc(Br)cn1)C2. The first-order valence-electron chi connectivity index (χ1n) is 5.32. The molecule has 1 aromatic carbocycles. The summed E-state index contributed by atoms with van der Waals surface area (Å²) in [5.41, 5.74) is 9.14. The van der Waals surface area contributed by atoms with Gasteiger partial charge < -0.3 is 10.6 Å². The second kappa shape index (κ2) is 4.00. The molecule has 0 spiro atoms. The molecule has 0 saturated heterocycles. The van der Waals surface area contributed by atoms with Crippen LogP contribution in [-0.2, 0) is 13.1 Å². The van der Waals surface area contributed by atoms with Crippen LogP contribution in [0.1, 0.15) is 11.1 Å². The van der Waals surface area contributed by atoms with Gasteiger partial charge in [0, 0.05) is 31.2 Å². The smallest absolute Gasteiger partial charge is 0.225 e. The van der Waals surface area contributed by atoms with Crippen molar-refractivity contribution in [3.05, 3.63) is 46.2 Å². The Morgan fingerprint density at radius 3 is 2.59 bits per heavy atom. The molecular weight excluding hydrogens is 280 g/mol. The number of hydrogen-bond acceptors (Lipinski definition) is 4. The second-order valence-electron chi connectivity index (χ2n) is 4.09. The molecule has 0 aliphatic carbocycles. The van der Waals surface area contributed by atoms with E-state index in [1.165, 1.54) is 11.1 Å². The molecule has 0 saturated carbocycles. The normalized spacial score (nSPS) is 13.8. The van der Waals surface area contributed by atoms with Crippen LogP contribution >= 0.6 is 15.9 Å². The molecule has 4 nitrogen and oxygen atoms in total. The molecule has 3 rings (SSSR count). The minimum absolute atomic E-state index is 0.753. The molecule has 0 radical (unpaired) electrons. The number of fused-ring (bicyclic) bond motifs is 1. The van der Waals surface area contributed by atoms with E-state index in [2.05, 4.69) is 36.9 Å². The molecule has 1 aliphatic heterocycles. The molecule has 2 heterocycles.